The van der Waals surface area contributed by atoms with Crippen LogP contribution in [0.3, 0.4) is 0 Å². The Kier molecular flexibility index (Phi) is 4.17. The second kappa shape index (κ2) is 4.53. The number of nitrogens with zero attached hydrogens (tertiary/aromatic N) is 1. The third kappa shape index (κ3) is 3.56. The van der Waals surface area contributed by atoms with E-state index in [9.17, 15) is 0 Å². The topological polar surface area (TPSA) is 40.8 Å². The molecule has 0 saturated carbocycles. The van der Waals surface area contributed by atoms with Gasteiger partial charge in [0, 0.05) is 0 Å². The fourth-order valence-electron chi connectivity index (χ4n) is 0.180. The molecule has 0 fully saturated rings. The molecule has 0 saturated heterocycles. The van der Waals surface area contributed by atoms with Crippen LogP contribution in [0.5, 0.6) is 0 Å². The fourth-order valence-corrected chi connectivity index (χ4v) is 0.180. The summed E-state index contributed by atoms with van der Waals surface area (Å²) in [6.45, 7) is 1.94. The zero-order chi connectivity index (χ0) is 6.41. The molecule has 0 aromatic rings. The minimum absolute atomic E-state index is 0.257. The van der Waals surface area contributed by atoms with Gasteiger partial charge in [-0.2, -0.15) is 0 Å². The highest BCUT2D eigenvalue weighted by Crippen LogP contribution is 1.85. The molecular weight excluding hydrogens is 106 g/mol. The van der Waals surface area contributed by atoms with E-state index in [4.69, 9.17) is 5.41 Å². The van der Waals surface area contributed by atoms with Crippen molar-refractivity contribution in [2.45, 2.75) is 6.92 Å². The van der Waals surface area contributed by atoms with Gasteiger partial charge in [-0.15, -0.1) is 0 Å². The molecule has 0 aromatic heterocycles. The lowest BCUT2D eigenvalue weighted by Crippen LogP contribution is -1.93. The van der Waals surface area contributed by atoms with Crippen LogP contribution in [0.15, 0.2) is 5.57 Å². The zero-order valence-electron chi connectivity index (χ0n) is 4.97. The first kappa shape index (κ1) is 7.37. The van der Waals surface area contributed by atoms with Crippen molar-refractivity contribution in [1.82, 2.24) is 0 Å². The molecule has 46 valence electrons. The van der Waals surface area contributed by atoms with Crippen LogP contribution in [0.25, 0.3) is 5.41 Å². The maximum atomic E-state index is 8.14. The molecule has 3 nitrogen and oxygen atoms in total. The van der Waals surface area contributed by atoms with Crippen molar-refractivity contribution >= 4 is 5.87 Å². The van der Waals surface area contributed by atoms with E-state index in [0.29, 0.717) is 5.57 Å². The Balaban J connectivity index is 3.26. The van der Waals surface area contributed by atoms with Gasteiger partial charge in [0.25, 0.3) is 0 Å². The van der Waals surface area contributed by atoms with Crippen LogP contribution >= 0.6 is 0 Å². The summed E-state index contributed by atoms with van der Waals surface area (Å²) in [5.41, 5.74) is 0.604. The second-order valence-corrected chi connectivity index (χ2v) is 1.32. The first-order valence-corrected chi connectivity index (χ1v) is 2.19. The van der Waals surface area contributed by atoms with Gasteiger partial charge < -0.3 is 5.41 Å². The lowest BCUT2D eigenvalue weighted by Gasteiger charge is -1.96. The molecule has 0 amide bonds. The van der Waals surface area contributed by atoms with E-state index in [1.165, 1.54) is 7.11 Å². The van der Waals surface area contributed by atoms with Crippen LogP contribution in [-0.2, 0) is 9.78 Å². The highest BCUT2D eigenvalue weighted by molar-refractivity contribution is 5.60. The Labute approximate surface area is 48.4 Å². The van der Waals surface area contributed by atoms with Crippen LogP contribution in [0.4, 0.5) is 0 Å². The van der Waals surface area contributed by atoms with Gasteiger partial charge in [-0.25, -0.2) is 9.78 Å². The van der Waals surface area contributed by atoms with Crippen molar-refractivity contribution in [3.05, 3.63) is 11.0 Å². The van der Waals surface area contributed by atoms with E-state index in [0.717, 1.165) is 0 Å². The predicted octanol–water partition coefficient (Wildman–Crippen LogP) is 0.750. The Morgan fingerprint density at radius 3 is 2.75 bits per heavy atom. The van der Waals surface area contributed by atoms with Crippen molar-refractivity contribution in [3.63, 3.8) is 0 Å². The molecule has 0 spiro atoms. The standard InChI is InChI=1S/C5H8NO2/c1-5(3-6)4-8-7-2/h4H2,1-2H3/q-1. The van der Waals surface area contributed by atoms with E-state index in [2.05, 4.69) is 9.78 Å². The summed E-state index contributed by atoms with van der Waals surface area (Å²) in [4.78, 5) is 8.67. The summed E-state index contributed by atoms with van der Waals surface area (Å²) >= 11 is 0. The molecule has 0 aliphatic carbocycles. The van der Waals surface area contributed by atoms with E-state index in [1.54, 1.807) is 6.92 Å². The summed E-state index contributed by atoms with van der Waals surface area (Å²) in [5, 5.41) is 8.14. The van der Waals surface area contributed by atoms with Gasteiger partial charge in [-0.1, -0.05) is 0 Å². The van der Waals surface area contributed by atoms with Gasteiger partial charge in [-0.05, 0) is 12.5 Å². The van der Waals surface area contributed by atoms with E-state index in [-0.39, 0.29) is 6.61 Å². The highest BCUT2D eigenvalue weighted by atomic mass is 17.2. The van der Waals surface area contributed by atoms with Gasteiger partial charge in [0.15, 0.2) is 0 Å². The quantitative estimate of drug-likeness (QED) is 0.308. The van der Waals surface area contributed by atoms with E-state index >= 15 is 0 Å². The van der Waals surface area contributed by atoms with Gasteiger partial charge in [0.1, 0.15) is 6.61 Å². The Morgan fingerprint density at radius 1 is 1.75 bits per heavy atom. The summed E-state index contributed by atoms with van der Waals surface area (Å²) in [5.74, 6) is 1.91. The molecule has 0 heterocycles. The molecule has 0 aromatic carbocycles. The molecule has 0 aliphatic heterocycles. The zero-order valence-corrected chi connectivity index (χ0v) is 4.97. The van der Waals surface area contributed by atoms with Crippen LogP contribution < -0.4 is 0 Å². The Hall–Kier alpha value is -0.630. The molecule has 0 rings (SSSR count). The Bertz CT molecular complexity index is 105. The van der Waals surface area contributed by atoms with E-state index in [1.807, 2.05) is 5.87 Å². The monoisotopic (exact) mass is 114 g/mol. The second-order valence-electron chi connectivity index (χ2n) is 1.32. The minimum Gasteiger partial charge on any atom is -0.763 e. The van der Waals surface area contributed by atoms with Crippen molar-refractivity contribution in [3.8, 4) is 0 Å². The molecule has 0 bridgehead atoms. The normalized spacial score (nSPS) is 8.25. The lowest BCUT2D eigenvalue weighted by atomic mass is 10.4. The highest BCUT2D eigenvalue weighted by Gasteiger charge is 1.81. The molecule has 0 atom stereocenters. The Morgan fingerprint density at radius 2 is 2.38 bits per heavy atom. The molecule has 3 heteroatoms. The van der Waals surface area contributed by atoms with Gasteiger partial charge >= 0.3 is 0 Å². The molecule has 0 radical (unpaired) electrons. The van der Waals surface area contributed by atoms with Crippen molar-refractivity contribution in [2.24, 2.45) is 0 Å². The average Bonchev–Trinajstić information content (AvgIpc) is 1.83. The maximum Gasteiger partial charge on any atom is 0.109 e. The smallest absolute Gasteiger partial charge is 0.109 e. The third-order valence-electron chi connectivity index (χ3n) is 0.584. The number of hydrogen-bond donors (Lipinski definition) is 0. The third-order valence-corrected chi connectivity index (χ3v) is 0.584. The summed E-state index contributed by atoms with van der Waals surface area (Å²) in [6.07, 6.45) is 0. The first-order valence-electron chi connectivity index (χ1n) is 2.19. The number of hydrogen-bond acceptors (Lipinski definition) is 2. The summed E-state index contributed by atoms with van der Waals surface area (Å²) in [7, 11) is 1.41. The SMILES string of the molecule is COOCC(C)=C=[N-]. The van der Waals surface area contributed by atoms with E-state index < -0.39 is 0 Å². The fraction of sp³-hybridized carbons (Fsp3) is 0.600. The van der Waals surface area contributed by atoms with Crippen molar-refractivity contribution in [1.29, 1.82) is 0 Å². The summed E-state index contributed by atoms with van der Waals surface area (Å²) in [6, 6.07) is 0. The molecular formula is C5H8NO2-. The van der Waals surface area contributed by atoms with Crippen molar-refractivity contribution in [2.75, 3.05) is 13.7 Å². The van der Waals surface area contributed by atoms with Gasteiger partial charge in [0.2, 0.25) is 0 Å². The average molecular weight is 114 g/mol. The molecule has 0 unspecified atom stereocenters. The largest absolute Gasteiger partial charge is 0.763 e. The van der Waals surface area contributed by atoms with Gasteiger partial charge in [-0.3, -0.25) is 5.87 Å². The van der Waals surface area contributed by atoms with Crippen LogP contribution in [0, 0.1) is 0 Å². The van der Waals surface area contributed by atoms with Crippen LogP contribution in [0.2, 0.25) is 0 Å². The number of rotatable bonds is 3. The minimum atomic E-state index is 0.257. The first-order chi connectivity index (χ1) is 3.81. The van der Waals surface area contributed by atoms with Gasteiger partial charge in [0.05, 0.1) is 7.11 Å². The van der Waals surface area contributed by atoms with Crippen molar-refractivity contribution < 1.29 is 9.78 Å². The predicted molar refractivity (Wildman–Crippen MR) is 30.5 cm³/mol. The lowest BCUT2D eigenvalue weighted by molar-refractivity contribution is -0.264. The maximum absolute atomic E-state index is 8.14. The molecule has 0 N–H and O–H groups in total. The molecule has 8 heavy (non-hydrogen) atoms. The van der Waals surface area contributed by atoms with Crippen LogP contribution in [0.1, 0.15) is 6.92 Å². The van der Waals surface area contributed by atoms with Crippen LogP contribution in [-0.4, -0.2) is 19.6 Å². The molecule has 0 aliphatic rings. The summed E-state index contributed by atoms with van der Waals surface area (Å²) < 4.78 is 0.